The van der Waals surface area contributed by atoms with Crippen molar-refractivity contribution >= 4 is 11.9 Å². The summed E-state index contributed by atoms with van der Waals surface area (Å²) in [4.78, 5) is 12.7. The molecule has 0 saturated carbocycles. The van der Waals surface area contributed by atoms with Crippen LogP contribution in [0.2, 0.25) is 0 Å². The van der Waals surface area contributed by atoms with Crippen molar-refractivity contribution in [1.29, 1.82) is 0 Å². The van der Waals surface area contributed by atoms with Crippen molar-refractivity contribution in [2.75, 3.05) is 7.11 Å². The average molecular weight is 344 g/mol. The maximum atomic E-state index is 12.7. The summed E-state index contributed by atoms with van der Waals surface area (Å²) in [7, 11) is 1.58. The van der Waals surface area contributed by atoms with Crippen molar-refractivity contribution in [3.63, 3.8) is 0 Å². The Balaban J connectivity index is 1.81. The molecule has 0 saturated heterocycles. The van der Waals surface area contributed by atoms with E-state index in [1.54, 1.807) is 37.5 Å². The number of ketones is 1. The fourth-order valence-corrected chi connectivity index (χ4v) is 2.52. The minimum atomic E-state index is -0.129. The van der Waals surface area contributed by atoms with Crippen LogP contribution in [0.15, 0.2) is 84.9 Å². The second-order valence-corrected chi connectivity index (χ2v) is 5.74. The molecule has 0 unspecified atom stereocenters. The minimum Gasteiger partial charge on any atom is -0.497 e. The van der Waals surface area contributed by atoms with E-state index in [4.69, 9.17) is 9.47 Å². The standard InChI is InChI=1S/C23H20O3/c1-25-20-13-15-23(26-17-19-10-6-3-7-11-19)21(16-20)22(24)14-12-18-8-4-2-5-9-18/h2-16H,17H2,1H3. The molecular formula is C23H20O3. The largest absolute Gasteiger partial charge is 0.497 e. The summed E-state index contributed by atoms with van der Waals surface area (Å²) in [5, 5.41) is 0. The summed E-state index contributed by atoms with van der Waals surface area (Å²) in [6.45, 7) is 0.399. The molecule has 3 heteroatoms. The maximum Gasteiger partial charge on any atom is 0.189 e. The second-order valence-electron chi connectivity index (χ2n) is 5.74. The summed E-state index contributed by atoms with van der Waals surface area (Å²) in [6.07, 6.45) is 3.35. The van der Waals surface area contributed by atoms with Crippen LogP contribution in [-0.4, -0.2) is 12.9 Å². The van der Waals surface area contributed by atoms with Crippen LogP contribution in [0.3, 0.4) is 0 Å². The van der Waals surface area contributed by atoms with Crippen molar-refractivity contribution < 1.29 is 14.3 Å². The van der Waals surface area contributed by atoms with Gasteiger partial charge < -0.3 is 9.47 Å². The molecule has 0 spiro atoms. The van der Waals surface area contributed by atoms with Crippen molar-refractivity contribution in [2.45, 2.75) is 6.61 Å². The van der Waals surface area contributed by atoms with Gasteiger partial charge in [-0.05, 0) is 35.4 Å². The average Bonchev–Trinajstić information content (AvgIpc) is 2.72. The van der Waals surface area contributed by atoms with E-state index in [-0.39, 0.29) is 5.78 Å². The van der Waals surface area contributed by atoms with E-state index in [1.807, 2.05) is 60.7 Å². The summed E-state index contributed by atoms with van der Waals surface area (Å²) in [5.74, 6) is 1.03. The van der Waals surface area contributed by atoms with Crippen LogP contribution in [-0.2, 0) is 6.61 Å². The van der Waals surface area contributed by atoms with Crippen LogP contribution in [0.5, 0.6) is 11.5 Å². The Morgan fingerprint density at radius 1 is 0.923 bits per heavy atom. The molecule has 0 bridgehead atoms. The lowest BCUT2D eigenvalue weighted by Gasteiger charge is -2.11. The highest BCUT2D eigenvalue weighted by Gasteiger charge is 2.12. The molecule has 3 rings (SSSR count). The summed E-state index contributed by atoms with van der Waals surface area (Å²) in [5.41, 5.74) is 2.49. The Labute approximate surface area is 153 Å². The van der Waals surface area contributed by atoms with Gasteiger partial charge in [0.05, 0.1) is 12.7 Å². The predicted molar refractivity (Wildman–Crippen MR) is 104 cm³/mol. The van der Waals surface area contributed by atoms with Gasteiger partial charge in [0.25, 0.3) is 0 Å². The first kappa shape index (κ1) is 17.5. The second kappa shape index (κ2) is 8.67. The van der Waals surface area contributed by atoms with Crippen LogP contribution in [0.25, 0.3) is 6.08 Å². The summed E-state index contributed by atoms with van der Waals surface area (Å²) >= 11 is 0. The van der Waals surface area contributed by atoms with Gasteiger partial charge in [-0.1, -0.05) is 66.7 Å². The topological polar surface area (TPSA) is 35.5 Å². The first-order valence-electron chi connectivity index (χ1n) is 8.38. The smallest absolute Gasteiger partial charge is 0.189 e. The number of methoxy groups -OCH3 is 1. The van der Waals surface area contributed by atoms with Crippen molar-refractivity contribution in [1.82, 2.24) is 0 Å². The SMILES string of the molecule is COc1ccc(OCc2ccccc2)c(C(=O)C=Cc2ccccc2)c1. The van der Waals surface area contributed by atoms with E-state index in [1.165, 1.54) is 0 Å². The lowest BCUT2D eigenvalue weighted by atomic mass is 10.1. The molecule has 0 amide bonds. The monoisotopic (exact) mass is 344 g/mol. The quantitative estimate of drug-likeness (QED) is 0.438. The van der Waals surface area contributed by atoms with Gasteiger partial charge in [0.1, 0.15) is 18.1 Å². The maximum absolute atomic E-state index is 12.7. The Kier molecular flexibility index (Phi) is 5.84. The van der Waals surface area contributed by atoms with Crippen LogP contribution in [0.1, 0.15) is 21.5 Å². The van der Waals surface area contributed by atoms with Gasteiger partial charge >= 0.3 is 0 Å². The van der Waals surface area contributed by atoms with Crippen LogP contribution in [0.4, 0.5) is 0 Å². The third-order valence-corrected chi connectivity index (χ3v) is 3.92. The zero-order chi connectivity index (χ0) is 18.2. The van der Waals surface area contributed by atoms with Gasteiger partial charge in [-0.3, -0.25) is 4.79 Å². The van der Waals surface area contributed by atoms with Gasteiger partial charge in [0.2, 0.25) is 0 Å². The molecule has 0 aliphatic heterocycles. The molecule has 0 aromatic heterocycles. The molecule has 3 aromatic rings. The Morgan fingerprint density at radius 3 is 2.31 bits per heavy atom. The molecule has 0 heterocycles. The van der Waals surface area contributed by atoms with E-state index < -0.39 is 0 Å². The van der Waals surface area contributed by atoms with E-state index in [9.17, 15) is 4.79 Å². The van der Waals surface area contributed by atoms with E-state index >= 15 is 0 Å². The molecule has 0 radical (unpaired) electrons. The van der Waals surface area contributed by atoms with E-state index in [2.05, 4.69) is 0 Å². The number of ether oxygens (including phenoxy) is 2. The molecule has 130 valence electrons. The van der Waals surface area contributed by atoms with Crippen molar-refractivity contribution in [2.24, 2.45) is 0 Å². The fraction of sp³-hybridized carbons (Fsp3) is 0.0870. The molecule has 0 aliphatic carbocycles. The molecule has 3 aromatic carbocycles. The van der Waals surface area contributed by atoms with Crippen LogP contribution >= 0.6 is 0 Å². The normalized spacial score (nSPS) is 10.7. The third kappa shape index (κ3) is 4.61. The number of allylic oxidation sites excluding steroid dienone is 1. The Morgan fingerprint density at radius 2 is 1.62 bits per heavy atom. The van der Waals surface area contributed by atoms with Crippen LogP contribution in [0, 0.1) is 0 Å². The van der Waals surface area contributed by atoms with Crippen LogP contribution < -0.4 is 9.47 Å². The lowest BCUT2D eigenvalue weighted by molar-refractivity contribution is 0.104. The molecule has 0 N–H and O–H groups in total. The highest BCUT2D eigenvalue weighted by atomic mass is 16.5. The molecule has 0 fully saturated rings. The van der Waals surface area contributed by atoms with Crippen molar-refractivity contribution in [3.05, 3.63) is 102 Å². The zero-order valence-corrected chi connectivity index (χ0v) is 14.6. The van der Waals surface area contributed by atoms with E-state index in [0.717, 1.165) is 11.1 Å². The molecular weight excluding hydrogens is 324 g/mol. The van der Waals surface area contributed by atoms with Crippen molar-refractivity contribution in [3.8, 4) is 11.5 Å². The van der Waals surface area contributed by atoms with Gasteiger partial charge in [0, 0.05) is 0 Å². The Bertz CT molecular complexity index is 884. The lowest BCUT2D eigenvalue weighted by Crippen LogP contribution is -2.03. The zero-order valence-electron chi connectivity index (χ0n) is 14.6. The molecule has 3 nitrogen and oxygen atoms in total. The predicted octanol–water partition coefficient (Wildman–Crippen LogP) is 5.17. The first-order chi connectivity index (χ1) is 12.8. The number of carbonyl (C=O) groups excluding carboxylic acids is 1. The third-order valence-electron chi connectivity index (χ3n) is 3.92. The molecule has 0 aliphatic rings. The number of hydrogen-bond acceptors (Lipinski definition) is 3. The Hall–Kier alpha value is -3.33. The number of rotatable bonds is 7. The number of hydrogen-bond donors (Lipinski definition) is 0. The van der Waals surface area contributed by atoms with Gasteiger partial charge in [0.15, 0.2) is 5.78 Å². The van der Waals surface area contributed by atoms with Gasteiger partial charge in [-0.2, -0.15) is 0 Å². The number of carbonyl (C=O) groups is 1. The highest BCUT2D eigenvalue weighted by Crippen LogP contribution is 2.26. The summed E-state index contributed by atoms with van der Waals surface area (Å²) < 4.78 is 11.1. The molecule has 26 heavy (non-hydrogen) atoms. The molecule has 0 atom stereocenters. The summed E-state index contributed by atoms with van der Waals surface area (Å²) in [6, 6.07) is 24.8. The van der Waals surface area contributed by atoms with Gasteiger partial charge in [-0.25, -0.2) is 0 Å². The fourth-order valence-electron chi connectivity index (χ4n) is 2.52. The van der Waals surface area contributed by atoms with E-state index in [0.29, 0.717) is 23.7 Å². The first-order valence-corrected chi connectivity index (χ1v) is 8.38. The minimum absolute atomic E-state index is 0.129. The van der Waals surface area contributed by atoms with Gasteiger partial charge in [-0.15, -0.1) is 0 Å². The number of benzene rings is 3. The highest BCUT2D eigenvalue weighted by molar-refractivity contribution is 6.08.